The summed E-state index contributed by atoms with van der Waals surface area (Å²) in [6.07, 6.45) is 1.06. The number of hydrogen-bond donors (Lipinski definition) is 2. The van der Waals surface area contributed by atoms with Crippen LogP contribution < -0.4 is 5.32 Å². The van der Waals surface area contributed by atoms with Gasteiger partial charge in [-0.3, -0.25) is 0 Å². The van der Waals surface area contributed by atoms with E-state index in [1.807, 2.05) is 24.3 Å². The number of hydrogen-bond acceptors (Lipinski definition) is 2. The zero-order valence-electron chi connectivity index (χ0n) is 9.20. The fraction of sp³-hybridized carbons (Fsp3) is 0.500. The van der Waals surface area contributed by atoms with Crippen molar-refractivity contribution in [3.8, 4) is 0 Å². The molecule has 0 saturated heterocycles. The molecule has 1 aromatic rings. The molecule has 0 aliphatic heterocycles. The first-order valence-electron chi connectivity index (χ1n) is 5.30. The van der Waals surface area contributed by atoms with Gasteiger partial charge in [0.25, 0.3) is 0 Å². The van der Waals surface area contributed by atoms with Crippen molar-refractivity contribution < 1.29 is 5.11 Å². The summed E-state index contributed by atoms with van der Waals surface area (Å²) in [5.74, 6) is 0. The van der Waals surface area contributed by atoms with Gasteiger partial charge >= 0.3 is 0 Å². The Morgan fingerprint density at radius 1 is 1.40 bits per heavy atom. The number of aliphatic hydroxyl groups is 1. The lowest BCUT2D eigenvalue weighted by atomic mass is 10.1. The fourth-order valence-corrected chi connectivity index (χ4v) is 2.02. The lowest BCUT2D eigenvalue weighted by Gasteiger charge is -2.22. The zero-order chi connectivity index (χ0) is 11.3. The first-order valence-corrected chi connectivity index (χ1v) is 6.09. The highest BCUT2D eigenvalue weighted by Crippen LogP contribution is 2.23. The van der Waals surface area contributed by atoms with E-state index in [-0.39, 0.29) is 12.6 Å². The van der Waals surface area contributed by atoms with Crippen molar-refractivity contribution in [3.05, 3.63) is 34.3 Å². The lowest BCUT2D eigenvalue weighted by molar-refractivity contribution is 0.233. The second kappa shape index (κ2) is 6.26. The van der Waals surface area contributed by atoms with Crippen LogP contribution in [0.5, 0.6) is 0 Å². The molecule has 0 heterocycles. The highest BCUT2D eigenvalue weighted by Gasteiger charge is 2.14. The van der Waals surface area contributed by atoms with E-state index < -0.39 is 0 Å². The van der Waals surface area contributed by atoms with Crippen molar-refractivity contribution in [2.75, 3.05) is 6.61 Å². The second-order valence-corrected chi connectivity index (χ2v) is 4.59. The Morgan fingerprint density at radius 2 is 2.07 bits per heavy atom. The van der Waals surface area contributed by atoms with Crippen molar-refractivity contribution >= 4 is 15.9 Å². The van der Waals surface area contributed by atoms with Crippen LogP contribution in [0.1, 0.15) is 31.9 Å². The van der Waals surface area contributed by atoms with E-state index in [4.69, 9.17) is 0 Å². The van der Waals surface area contributed by atoms with Gasteiger partial charge in [-0.1, -0.05) is 41.1 Å². The van der Waals surface area contributed by atoms with Gasteiger partial charge in [0, 0.05) is 10.5 Å². The number of benzene rings is 1. The quantitative estimate of drug-likeness (QED) is 0.863. The fourth-order valence-electron chi connectivity index (χ4n) is 1.46. The first-order chi connectivity index (χ1) is 7.19. The van der Waals surface area contributed by atoms with E-state index in [0.29, 0.717) is 6.04 Å². The van der Waals surface area contributed by atoms with Crippen LogP contribution in [0.3, 0.4) is 0 Å². The molecule has 84 valence electrons. The van der Waals surface area contributed by atoms with E-state index in [1.165, 1.54) is 0 Å². The molecule has 1 aromatic carbocycles. The standard InChI is InChI=1S/C12H18BrNO/c1-3-9(2)14-12(8-15)10-6-4-5-7-11(10)13/h4-7,9,12,14-15H,3,8H2,1-2H3. The number of nitrogens with one attached hydrogen (secondary N) is 1. The van der Waals surface area contributed by atoms with Gasteiger partial charge in [0.1, 0.15) is 0 Å². The van der Waals surface area contributed by atoms with E-state index in [1.54, 1.807) is 0 Å². The highest BCUT2D eigenvalue weighted by molar-refractivity contribution is 9.10. The molecule has 0 fully saturated rings. The van der Waals surface area contributed by atoms with Crippen LogP contribution in [0, 0.1) is 0 Å². The summed E-state index contributed by atoms with van der Waals surface area (Å²) >= 11 is 3.50. The normalized spacial score (nSPS) is 14.9. The molecule has 0 bridgehead atoms. The summed E-state index contributed by atoms with van der Waals surface area (Å²) in [4.78, 5) is 0. The summed E-state index contributed by atoms with van der Waals surface area (Å²) in [6.45, 7) is 4.37. The van der Waals surface area contributed by atoms with Crippen molar-refractivity contribution in [2.24, 2.45) is 0 Å². The van der Waals surface area contributed by atoms with E-state index in [2.05, 4.69) is 35.1 Å². The number of halogens is 1. The minimum absolute atomic E-state index is 0.00975. The van der Waals surface area contributed by atoms with Gasteiger partial charge in [-0.15, -0.1) is 0 Å². The molecule has 0 radical (unpaired) electrons. The van der Waals surface area contributed by atoms with Gasteiger partial charge in [-0.25, -0.2) is 0 Å². The van der Waals surface area contributed by atoms with Crippen molar-refractivity contribution in [2.45, 2.75) is 32.4 Å². The third-order valence-corrected chi connectivity index (χ3v) is 3.28. The SMILES string of the molecule is CCC(C)NC(CO)c1ccccc1Br. The predicted octanol–water partition coefficient (Wildman–Crippen LogP) is 2.87. The second-order valence-electron chi connectivity index (χ2n) is 3.73. The Labute approximate surface area is 99.8 Å². The van der Waals surface area contributed by atoms with Crippen LogP contribution in [0.4, 0.5) is 0 Å². The van der Waals surface area contributed by atoms with E-state index in [0.717, 1.165) is 16.5 Å². The summed E-state index contributed by atoms with van der Waals surface area (Å²) in [6, 6.07) is 8.41. The summed E-state index contributed by atoms with van der Waals surface area (Å²) in [7, 11) is 0. The van der Waals surface area contributed by atoms with E-state index in [9.17, 15) is 5.11 Å². The van der Waals surface area contributed by atoms with Crippen LogP contribution >= 0.6 is 15.9 Å². The zero-order valence-corrected chi connectivity index (χ0v) is 10.8. The topological polar surface area (TPSA) is 32.3 Å². The van der Waals surface area contributed by atoms with Gasteiger partial charge in [0.15, 0.2) is 0 Å². The van der Waals surface area contributed by atoms with Crippen molar-refractivity contribution in [3.63, 3.8) is 0 Å². The molecule has 0 spiro atoms. The Balaban J connectivity index is 2.78. The largest absolute Gasteiger partial charge is 0.394 e. The van der Waals surface area contributed by atoms with Gasteiger partial charge in [-0.05, 0) is 25.0 Å². The van der Waals surface area contributed by atoms with Crippen LogP contribution in [-0.4, -0.2) is 17.8 Å². The molecule has 2 N–H and O–H groups in total. The van der Waals surface area contributed by atoms with Crippen LogP contribution in [0.25, 0.3) is 0 Å². The van der Waals surface area contributed by atoms with Crippen molar-refractivity contribution in [1.29, 1.82) is 0 Å². The summed E-state index contributed by atoms with van der Waals surface area (Å²) in [5, 5.41) is 12.8. The number of rotatable bonds is 5. The maximum absolute atomic E-state index is 9.36. The number of aliphatic hydroxyl groups excluding tert-OH is 1. The van der Waals surface area contributed by atoms with Crippen LogP contribution in [0.2, 0.25) is 0 Å². The Bertz CT molecular complexity index is 303. The van der Waals surface area contributed by atoms with Crippen LogP contribution in [-0.2, 0) is 0 Å². The maximum atomic E-state index is 9.36. The minimum atomic E-state index is 0.00975. The molecule has 0 aromatic heterocycles. The molecule has 0 aliphatic rings. The third kappa shape index (κ3) is 3.59. The smallest absolute Gasteiger partial charge is 0.0627 e. The van der Waals surface area contributed by atoms with Crippen LogP contribution in [0.15, 0.2) is 28.7 Å². The summed E-state index contributed by atoms with van der Waals surface area (Å²) in [5.41, 5.74) is 1.11. The summed E-state index contributed by atoms with van der Waals surface area (Å²) < 4.78 is 1.04. The molecule has 0 saturated carbocycles. The highest BCUT2D eigenvalue weighted by atomic mass is 79.9. The molecule has 2 unspecified atom stereocenters. The van der Waals surface area contributed by atoms with Gasteiger partial charge in [-0.2, -0.15) is 0 Å². The van der Waals surface area contributed by atoms with Gasteiger partial charge in [0.2, 0.25) is 0 Å². The van der Waals surface area contributed by atoms with E-state index >= 15 is 0 Å². The van der Waals surface area contributed by atoms with Gasteiger partial charge < -0.3 is 10.4 Å². The molecule has 0 amide bonds. The molecule has 2 atom stereocenters. The molecule has 15 heavy (non-hydrogen) atoms. The molecular weight excluding hydrogens is 254 g/mol. The Morgan fingerprint density at radius 3 is 2.60 bits per heavy atom. The maximum Gasteiger partial charge on any atom is 0.0627 e. The average molecular weight is 272 g/mol. The lowest BCUT2D eigenvalue weighted by Crippen LogP contribution is -2.32. The third-order valence-electron chi connectivity index (χ3n) is 2.56. The van der Waals surface area contributed by atoms with Gasteiger partial charge in [0.05, 0.1) is 12.6 Å². The predicted molar refractivity (Wildman–Crippen MR) is 66.9 cm³/mol. The Kier molecular flexibility index (Phi) is 5.29. The molecule has 3 heteroatoms. The average Bonchev–Trinajstić information content (AvgIpc) is 2.26. The molecular formula is C12H18BrNO. The molecule has 1 rings (SSSR count). The molecule has 0 aliphatic carbocycles. The monoisotopic (exact) mass is 271 g/mol. The molecule has 2 nitrogen and oxygen atoms in total. The van der Waals surface area contributed by atoms with Crippen molar-refractivity contribution in [1.82, 2.24) is 5.32 Å². The minimum Gasteiger partial charge on any atom is -0.394 e. The first kappa shape index (κ1) is 12.7. The Hall–Kier alpha value is -0.380.